The fraction of sp³-hybridized carbons (Fsp3) is 0.571. The fourth-order valence-corrected chi connectivity index (χ4v) is 2.98. The Balaban J connectivity index is 1.99. The van der Waals surface area contributed by atoms with Crippen LogP contribution >= 0.6 is 23.2 Å². The molecule has 2 nitrogen and oxygen atoms in total. The molecule has 0 radical (unpaired) electrons. The Hall–Kier alpha value is -0.440. The number of alkyl halides is 1. The number of nitrogens with zero attached hydrogens (tertiary/aromatic N) is 1. The quantitative estimate of drug-likeness (QED) is 0.778. The zero-order chi connectivity index (χ0) is 13.0. The van der Waals surface area contributed by atoms with Crippen molar-refractivity contribution < 1.29 is 4.74 Å². The Bertz CT molecular complexity index is 389. The van der Waals surface area contributed by atoms with E-state index in [2.05, 4.69) is 11.0 Å². The summed E-state index contributed by atoms with van der Waals surface area (Å²) in [5, 5.41) is 0.765. The lowest BCUT2D eigenvalue weighted by Gasteiger charge is -2.33. The van der Waals surface area contributed by atoms with Crippen molar-refractivity contribution in [1.82, 2.24) is 0 Å². The van der Waals surface area contributed by atoms with Gasteiger partial charge in [-0.3, -0.25) is 0 Å². The molecule has 0 N–H and O–H groups in total. The molecule has 1 saturated heterocycles. The summed E-state index contributed by atoms with van der Waals surface area (Å²) in [6.45, 7) is 3.02. The number of hydrogen-bond donors (Lipinski definition) is 0. The van der Waals surface area contributed by atoms with Crippen LogP contribution in [-0.2, 0) is 10.6 Å². The van der Waals surface area contributed by atoms with E-state index in [1.165, 1.54) is 18.5 Å². The molecule has 1 aliphatic heterocycles. The lowest BCUT2D eigenvalue weighted by atomic mass is 9.97. The molecule has 0 amide bonds. The smallest absolute Gasteiger partial charge is 0.0491 e. The van der Waals surface area contributed by atoms with E-state index in [0.29, 0.717) is 11.8 Å². The maximum absolute atomic E-state index is 6.20. The van der Waals surface area contributed by atoms with Crippen LogP contribution in [-0.4, -0.2) is 26.8 Å². The maximum atomic E-state index is 6.20. The van der Waals surface area contributed by atoms with Crippen molar-refractivity contribution in [3.8, 4) is 0 Å². The van der Waals surface area contributed by atoms with E-state index in [1.54, 1.807) is 7.11 Å². The first-order valence-electron chi connectivity index (χ1n) is 6.33. The molecular weight excluding hydrogens is 269 g/mol. The summed E-state index contributed by atoms with van der Waals surface area (Å²) in [5.41, 5.74) is 2.20. The SMILES string of the molecule is COCC1CCN(c2ccc(CCl)c(Cl)c2)CC1. The second kappa shape index (κ2) is 6.65. The summed E-state index contributed by atoms with van der Waals surface area (Å²) in [5.74, 6) is 1.17. The van der Waals surface area contributed by atoms with Gasteiger partial charge in [-0.25, -0.2) is 0 Å². The first kappa shape index (κ1) is 14.0. The van der Waals surface area contributed by atoms with Gasteiger partial charge < -0.3 is 9.64 Å². The topological polar surface area (TPSA) is 12.5 Å². The van der Waals surface area contributed by atoms with E-state index in [9.17, 15) is 0 Å². The van der Waals surface area contributed by atoms with E-state index in [1.807, 2.05) is 12.1 Å². The number of piperidine rings is 1. The first-order valence-corrected chi connectivity index (χ1v) is 7.24. The molecule has 0 aliphatic carbocycles. The highest BCUT2D eigenvalue weighted by atomic mass is 35.5. The standard InChI is InChI=1S/C14H19Cl2NO/c1-18-10-11-4-6-17(7-5-11)13-3-2-12(9-15)14(16)8-13/h2-3,8,11H,4-7,9-10H2,1H3. The van der Waals surface area contributed by atoms with Gasteiger partial charge in [0.1, 0.15) is 0 Å². The second-order valence-electron chi connectivity index (χ2n) is 4.80. The number of hydrogen-bond acceptors (Lipinski definition) is 2. The number of anilines is 1. The van der Waals surface area contributed by atoms with Gasteiger partial charge in [-0.05, 0) is 36.5 Å². The van der Waals surface area contributed by atoms with Crippen molar-refractivity contribution in [3.63, 3.8) is 0 Å². The minimum atomic E-state index is 0.467. The molecule has 0 bridgehead atoms. The van der Waals surface area contributed by atoms with Crippen molar-refractivity contribution in [3.05, 3.63) is 28.8 Å². The van der Waals surface area contributed by atoms with Crippen molar-refractivity contribution in [2.24, 2.45) is 5.92 Å². The Morgan fingerprint density at radius 2 is 2.06 bits per heavy atom. The van der Waals surface area contributed by atoms with Gasteiger partial charge in [-0.1, -0.05) is 17.7 Å². The number of halogens is 2. The molecule has 1 aromatic rings. The maximum Gasteiger partial charge on any atom is 0.0491 e. The lowest BCUT2D eigenvalue weighted by molar-refractivity contribution is 0.139. The molecule has 1 fully saturated rings. The normalized spacial score (nSPS) is 17.2. The zero-order valence-electron chi connectivity index (χ0n) is 10.7. The Labute approximate surface area is 119 Å². The van der Waals surface area contributed by atoms with E-state index in [4.69, 9.17) is 27.9 Å². The average molecular weight is 288 g/mol. The van der Waals surface area contributed by atoms with Crippen molar-refractivity contribution in [2.75, 3.05) is 31.7 Å². The van der Waals surface area contributed by atoms with Gasteiger partial charge in [-0.15, -0.1) is 11.6 Å². The van der Waals surface area contributed by atoms with Gasteiger partial charge in [0.05, 0.1) is 0 Å². The third kappa shape index (κ3) is 3.31. The molecule has 1 aliphatic rings. The average Bonchev–Trinajstić information content (AvgIpc) is 2.40. The fourth-order valence-electron chi connectivity index (χ4n) is 2.43. The summed E-state index contributed by atoms with van der Waals surface area (Å²) in [7, 11) is 1.77. The van der Waals surface area contributed by atoms with Crippen molar-refractivity contribution in [1.29, 1.82) is 0 Å². The molecule has 18 heavy (non-hydrogen) atoms. The number of rotatable bonds is 4. The van der Waals surface area contributed by atoms with E-state index in [-0.39, 0.29) is 0 Å². The van der Waals surface area contributed by atoms with Crippen LogP contribution in [0.1, 0.15) is 18.4 Å². The minimum Gasteiger partial charge on any atom is -0.384 e. The van der Waals surface area contributed by atoms with Crippen LogP contribution in [0.4, 0.5) is 5.69 Å². The molecule has 4 heteroatoms. The highest BCUT2D eigenvalue weighted by Crippen LogP contribution is 2.28. The van der Waals surface area contributed by atoms with Crippen LogP contribution in [0.5, 0.6) is 0 Å². The molecule has 0 atom stereocenters. The van der Waals surface area contributed by atoms with E-state index < -0.39 is 0 Å². The molecule has 1 heterocycles. The molecule has 100 valence electrons. The number of methoxy groups -OCH3 is 1. The molecule has 2 rings (SSSR count). The minimum absolute atomic E-state index is 0.467. The highest BCUT2D eigenvalue weighted by Gasteiger charge is 2.19. The van der Waals surface area contributed by atoms with Gasteiger partial charge in [0.25, 0.3) is 0 Å². The van der Waals surface area contributed by atoms with E-state index in [0.717, 1.165) is 30.3 Å². The van der Waals surface area contributed by atoms with Gasteiger partial charge in [0.15, 0.2) is 0 Å². The van der Waals surface area contributed by atoms with Gasteiger partial charge >= 0.3 is 0 Å². The Kier molecular flexibility index (Phi) is 5.16. The highest BCUT2D eigenvalue weighted by molar-refractivity contribution is 6.32. The summed E-state index contributed by atoms with van der Waals surface area (Å²) < 4.78 is 5.22. The third-order valence-corrected chi connectivity index (χ3v) is 4.20. The van der Waals surface area contributed by atoms with Gasteiger partial charge in [0.2, 0.25) is 0 Å². The van der Waals surface area contributed by atoms with Gasteiger partial charge in [0, 0.05) is 43.4 Å². The predicted octanol–water partition coefficient (Wildman–Crippen LogP) is 3.94. The van der Waals surface area contributed by atoms with E-state index >= 15 is 0 Å². The summed E-state index contributed by atoms with van der Waals surface area (Å²) in [6, 6.07) is 6.15. The predicted molar refractivity (Wildman–Crippen MR) is 77.8 cm³/mol. The van der Waals surface area contributed by atoms with Crippen LogP contribution in [0.3, 0.4) is 0 Å². The Morgan fingerprint density at radius 3 is 2.61 bits per heavy atom. The second-order valence-corrected chi connectivity index (χ2v) is 5.47. The number of benzene rings is 1. The molecule has 0 unspecified atom stereocenters. The first-order chi connectivity index (χ1) is 8.74. The molecule has 0 saturated carbocycles. The molecule has 0 spiro atoms. The summed E-state index contributed by atoms with van der Waals surface area (Å²) in [4.78, 5) is 2.38. The van der Waals surface area contributed by atoms with Gasteiger partial charge in [-0.2, -0.15) is 0 Å². The van der Waals surface area contributed by atoms with Crippen molar-refractivity contribution >= 4 is 28.9 Å². The van der Waals surface area contributed by atoms with Crippen LogP contribution < -0.4 is 4.90 Å². The monoisotopic (exact) mass is 287 g/mol. The zero-order valence-corrected chi connectivity index (χ0v) is 12.2. The van der Waals surface area contributed by atoms with Crippen LogP contribution in [0, 0.1) is 5.92 Å². The number of ether oxygens (including phenoxy) is 1. The Morgan fingerprint density at radius 1 is 1.33 bits per heavy atom. The van der Waals surface area contributed by atoms with Crippen LogP contribution in [0.25, 0.3) is 0 Å². The largest absolute Gasteiger partial charge is 0.384 e. The summed E-state index contributed by atoms with van der Waals surface area (Å²) >= 11 is 12.0. The molecular formula is C14H19Cl2NO. The summed E-state index contributed by atoms with van der Waals surface area (Å²) in [6.07, 6.45) is 2.37. The van der Waals surface area contributed by atoms with Crippen LogP contribution in [0.15, 0.2) is 18.2 Å². The lowest BCUT2D eigenvalue weighted by Crippen LogP contribution is -2.34. The molecule has 0 aromatic heterocycles. The third-order valence-electron chi connectivity index (χ3n) is 3.56. The molecule has 1 aromatic carbocycles. The van der Waals surface area contributed by atoms with Crippen LogP contribution in [0.2, 0.25) is 5.02 Å². The van der Waals surface area contributed by atoms with Crippen molar-refractivity contribution in [2.45, 2.75) is 18.7 Å².